The lowest BCUT2D eigenvalue weighted by Crippen LogP contribution is -2.22. The predicted molar refractivity (Wildman–Crippen MR) is 74.4 cm³/mol. The summed E-state index contributed by atoms with van der Waals surface area (Å²) in [6.45, 7) is 0. The SMILES string of the molecule is NC(CC(=O)O)c1c(Cl)c2cc(Br)ccc2oc1=O. The van der Waals surface area contributed by atoms with Gasteiger partial charge in [0.05, 0.1) is 17.0 Å². The number of aliphatic carboxylic acids is 1. The maximum atomic E-state index is 11.8. The van der Waals surface area contributed by atoms with Crippen molar-refractivity contribution in [2.45, 2.75) is 12.5 Å². The van der Waals surface area contributed by atoms with Crippen LogP contribution in [0.3, 0.4) is 0 Å². The molecule has 0 saturated heterocycles. The molecule has 0 radical (unpaired) electrons. The Morgan fingerprint density at radius 3 is 2.84 bits per heavy atom. The van der Waals surface area contributed by atoms with Crippen molar-refractivity contribution >= 4 is 44.5 Å². The smallest absolute Gasteiger partial charge is 0.342 e. The van der Waals surface area contributed by atoms with E-state index in [0.717, 1.165) is 4.47 Å². The molecule has 0 aliphatic heterocycles. The van der Waals surface area contributed by atoms with Crippen LogP contribution in [0.1, 0.15) is 18.0 Å². The molecule has 0 bridgehead atoms. The number of hydrogen-bond donors (Lipinski definition) is 2. The average molecular weight is 347 g/mol. The molecule has 7 heteroatoms. The first-order valence-electron chi connectivity index (χ1n) is 5.29. The molecule has 100 valence electrons. The van der Waals surface area contributed by atoms with Crippen LogP contribution in [0.4, 0.5) is 0 Å². The number of fused-ring (bicyclic) bond motifs is 1. The van der Waals surface area contributed by atoms with Crippen LogP contribution in [-0.2, 0) is 4.79 Å². The molecule has 0 saturated carbocycles. The predicted octanol–water partition coefficient (Wildman–Crippen LogP) is 2.68. The highest BCUT2D eigenvalue weighted by Gasteiger charge is 2.21. The van der Waals surface area contributed by atoms with Crippen LogP contribution in [-0.4, -0.2) is 11.1 Å². The minimum atomic E-state index is -1.11. The molecule has 19 heavy (non-hydrogen) atoms. The van der Waals surface area contributed by atoms with Crippen LogP contribution in [0.2, 0.25) is 5.02 Å². The van der Waals surface area contributed by atoms with Crippen LogP contribution < -0.4 is 11.4 Å². The van der Waals surface area contributed by atoms with Crippen LogP contribution >= 0.6 is 27.5 Å². The monoisotopic (exact) mass is 345 g/mol. The maximum Gasteiger partial charge on any atom is 0.342 e. The van der Waals surface area contributed by atoms with Crippen molar-refractivity contribution in [1.29, 1.82) is 0 Å². The minimum absolute atomic E-state index is 0.0188. The van der Waals surface area contributed by atoms with Crippen LogP contribution in [0.5, 0.6) is 0 Å². The van der Waals surface area contributed by atoms with Gasteiger partial charge in [0.1, 0.15) is 5.58 Å². The molecule has 1 unspecified atom stereocenters. The molecule has 0 aliphatic carbocycles. The minimum Gasteiger partial charge on any atom is -0.481 e. The van der Waals surface area contributed by atoms with Crippen LogP contribution in [0.25, 0.3) is 11.0 Å². The molecular weight excluding hydrogens is 337 g/mol. The van der Waals surface area contributed by atoms with Crippen molar-refractivity contribution < 1.29 is 14.3 Å². The van der Waals surface area contributed by atoms with E-state index in [0.29, 0.717) is 11.0 Å². The summed E-state index contributed by atoms with van der Waals surface area (Å²) in [6, 6.07) is 3.97. The second-order valence-corrected chi connectivity index (χ2v) is 5.26. The maximum absolute atomic E-state index is 11.8. The lowest BCUT2D eigenvalue weighted by atomic mass is 10.0. The van der Waals surface area contributed by atoms with Crippen LogP contribution in [0, 0.1) is 0 Å². The molecule has 0 fully saturated rings. The van der Waals surface area contributed by atoms with Crippen molar-refractivity contribution in [1.82, 2.24) is 0 Å². The zero-order chi connectivity index (χ0) is 14.2. The Hall–Kier alpha value is -1.37. The number of rotatable bonds is 3. The fourth-order valence-electron chi connectivity index (χ4n) is 1.76. The summed E-state index contributed by atoms with van der Waals surface area (Å²) < 4.78 is 5.86. The Bertz CT molecular complexity index is 713. The molecule has 2 aromatic rings. The van der Waals surface area contributed by atoms with E-state index >= 15 is 0 Å². The van der Waals surface area contributed by atoms with Gasteiger partial charge in [-0.2, -0.15) is 0 Å². The van der Waals surface area contributed by atoms with Gasteiger partial charge in [-0.15, -0.1) is 0 Å². The molecule has 0 aliphatic rings. The van der Waals surface area contributed by atoms with Crippen molar-refractivity contribution in [3.8, 4) is 0 Å². The summed E-state index contributed by atoms with van der Waals surface area (Å²) in [5.41, 5.74) is 5.28. The Balaban J connectivity index is 2.67. The highest BCUT2D eigenvalue weighted by Crippen LogP contribution is 2.30. The fourth-order valence-corrected chi connectivity index (χ4v) is 2.48. The van der Waals surface area contributed by atoms with E-state index in [1.54, 1.807) is 18.2 Å². The standard InChI is InChI=1S/C12H9BrClNO4/c13-5-1-2-8-6(3-5)11(14)10(12(18)19-8)7(15)4-9(16)17/h1-3,7H,4,15H2,(H,16,17). The summed E-state index contributed by atoms with van der Waals surface area (Å²) >= 11 is 9.43. The Labute approximate surface area is 121 Å². The first-order chi connectivity index (χ1) is 8.90. The van der Waals surface area contributed by atoms with E-state index < -0.39 is 24.1 Å². The molecule has 0 spiro atoms. The van der Waals surface area contributed by atoms with Gasteiger partial charge in [-0.05, 0) is 18.2 Å². The van der Waals surface area contributed by atoms with Crippen molar-refractivity contribution in [2.24, 2.45) is 5.73 Å². The van der Waals surface area contributed by atoms with Gasteiger partial charge in [-0.25, -0.2) is 4.79 Å². The second-order valence-electron chi connectivity index (χ2n) is 3.96. The van der Waals surface area contributed by atoms with E-state index in [-0.39, 0.29) is 10.6 Å². The van der Waals surface area contributed by atoms with Crippen molar-refractivity contribution in [2.75, 3.05) is 0 Å². The average Bonchev–Trinajstić information content (AvgIpc) is 2.29. The first kappa shape index (κ1) is 14.0. The lowest BCUT2D eigenvalue weighted by molar-refractivity contribution is -0.137. The molecule has 1 aromatic carbocycles. The summed E-state index contributed by atoms with van der Waals surface area (Å²) in [4.78, 5) is 22.5. The quantitative estimate of drug-likeness (QED) is 0.833. The van der Waals surface area contributed by atoms with Crippen molar-refractivity contribution in [3.05, 3.63) is 43.7 Å². The third kappa shape index (κ3) is 2.80. The Morgan fingerprint density at radius 2 is 2.21 bits per heavy atom. The molecule has 0 amide bonds. The van der Waals surface area contributed by atoms with Gasteiger partial charge < -0.3 is 15.3 Å². The van der Waals surface area contributed by atoms with E-state index in [1.807, 2.05) is 0 Å². The molecule has 1 heterocycles. The molecule has 1 atom stereocenters. The highest BCUT2D eigenvalue weighted by molar-refractivity contribution is 9.10. The number of nitrogens with two attached hydrogens (primary N) is 1. The number of hydrogen-bond acceptors (Lipinski definition) is 4. The highest BCUT2D eigenvalue weighted by atomic mass is 79.9. The third-order valence-electron chi connectivity index (χ3n) is 2.60. The largest absolute Gasteiger partial charge is 0.481 e. The molecule has 3 N–H and O–H groups in total. The van der Waals surface area contributed by atoms with E-state index in [1.165, 1.54) is 0 Å². The van der Waals surface area contributed by atoms with E-state index in [2.05, 4.69) is 15.9 Å². The summed E-state index contributed by atoms with van der Waals surface area (Å²) in [5.74, 6) is -1.11. The van der Waals surface area contributed by atoms with Gasteiger partial charge in [0.15, 0.2) is 0 Å². The molecule has 2 rings (SSSR count). The van der Waals surface area contributed by atoms with Gasteiger partial charge >= 0.3 is 11.6 Å². The van der Waals surface area contributed by atoms with E-state index in [9.17, 15) is 9.59 Å². The number of halogens is 2. The van der Waals surface area contributed by atoms with Crippen molar-refractivity contribution in [3.63, 3.8) is 0 Å². The van der Waals surface area contributed by atoms with E-state index in [4.69, 9.17) is 26.9 Å². The molecular formula is C12H9BrClNO4. The number of carboxylic acid groups (broad SMARTS) is 1. The number of carboxylic acids is 1. The molecule has 5 nitrogen and oxygen atoms in total. The number of benzene rings is 1. The van der Waals surface area contributed by atoms with Gasteiger partial charge in [0.2, 0.25) is 0 Å². The molecule has 1 aromatic heterocycles. The zero-order valence-corrected chi connectivity index (χ0v) is 11.9. The first-order valence-corrected chi connectivity index (χ1v) is 6.46. The third-order valence-corrected chi connectivity index (χ3v) is 3.50. The Morgan fingerprint density at radius 1 is 1.53 bits per heavy atom. The second kappa shape index (κ2) is 5.32. The summed E-state index contributed by atoms with van der Waals surface area (Å²) in [7, 11) is 0. The van der Waals surface area contributed by atoms with Crippen LogP contribution in [0.15, 0.2) is 31.9 Å². The lowest BCUT2D eigenvalue weighted by Gasteiger charge is -2.11. The van der Waals surface area contributed by atoms with Gasteiger partial charge in [0, 0.05) is 15.9 Å². The summed E-state index contributed by atoms with van der Waals surface area (Å²) in [5, 5.41) is 9.35. The Kier molecular flexibility index (Phi) is 3.93. The topological polar surface area (TPSA) is 93.5 Å². The number of carbonyl (C=O) groups is 1. The van der Waals surface area contributed by atoms with Gasteiger partial charge in [-0.3, -0.25) is 4.79 Å². The fraction of sp³-hybridized carbons (Fsp3) is 0.167. The normalized spacial score (nSPS) is 12.6. The zero-order valence-electron chi connectivity index (χ0n) is 9.52. The van der Waals surface area contributed by atoms with Gasteiger partial charge in [0.25, 0.3) is 0 Å². The van der Waals surface area contributed by atoms with Gasteiger partial charge in [-0.1, -0.05) is 27.5 Å². The summed E-state index contributed by atoms with van der Waals surface area (Å²) in [6.07, 6.45) is -0.399.